The van der Waals surface area contributed by atoms with Crippen LogP contribution in [0.4, 0.5) is 5.00 Å². The Labute approximate surface area is 80.1 Å². The van der Waals surface area contributed by atoms with Crippen LogP contribution in [-0.2, 0) is 0 Å². The fourth-order valence-electron chi connectivity index (χ4n) is 0.931. The first-order valence-corrected chi connectivity index (χ1v) is 4.59. The van der Waals surface area contributed by atoms with Gasteiger partial charge in [-0.05, 0) is 38.2 Å². The zero-order valence-electron chi connectivity index (χ0n) is 7.70. The van der Waals surface area contributed by atoms with E-state index in [4.69, 9.17) is 0 Å². The minimum atomic E-state index is -0.389. The average molecular weight is 198 g/mol. The van der Waals surface area contributed by atoms with Crippen molar-refractivity contribution in [1.29, 1.82) is 0 Å². The minimum absolute atomic E-state index is 0.124. The Hall–Kier alpha value is -1.23. The molecule has 0 spiro atoms. The summed E-state index contributed by atoms with van der Waals surface area (Å²) in [5, 5.41) is 11.4. The van der Waals surface area contributed by atoms with Gasteiger partial charge in [-0.1, -0.05) is 5.57 Å². The maximum Gasteiger partial charge on any atom is 0.351 e. The Bertz CT molecular complexity index is 364. The van der Waals surface area contributed by atoms with Crippen molar-refractivity contribution in [1.82, 2.24) is 4.98 Å². The molecule has 0 aliphatic carbocycles. The van der Waals surface area contributed by atoms with Crippen molar-refractivity contribution < 1.29 is 4.92 Å². The topological polar surface area (TPSA) is 56.0 Å². The van der Waals surface area contributed by atoms with E-state index in [1.807, 2.05) is 13.8 Å². The summed E-state index contributed by atoms with van der Waals surface area (Å²) < 4.78 is 0. The summed E-state index contributed by atoms with van der Waals surface area (Å²) in [6.07, 6.45) is 1.72. The Morgan fingerprint density at radius 2 is 2.23 bits per heavy atom. The molecule has 1 rings (SSSR count). The zero-order valence-corrected chi connectivity index (χ0v) is 8.51. The van der Waals surface area contributed by atoms with Gasteiger partial charge in [0, 0.05) is 0 Å². The predicted molar refractivity (Wildman–Crippen MR) is 52.8 cm³/mol. The number of nitro groups is 1. The molecule has 0 N–H and O–H groups in total. The monoisotopic (exact) mass is 198 g/mol. The quantitative estimate of drug-likeness (QED) is 0.542. The molecule has 5 heteroatoms. The Kier molecular flexibility index (Phi) is 2.77. The maximum absolute atomic E-state index is 10.6. The van der Waals surface area contributed by atoms with Gasteiger partial charge in [-0.3, -0.25) is 10.1 Å². The van der Waals surface area contributed by atoms with E-state index in [0.29, 0.717) is 5.69 Å². The van der Waals surface area contributed by atoms with Crippen LogP contribution < -0.4 is 0 Å². The fourth-order valence-corrected chi connectivity index (χ4v) is 1.64. The number of nitrogens with zero attached hydrogens (tertiary/aromatic N) is 2. The molecule has 4 nitrogen and oxygen atoms in total. The van der Waals surface area contributed by atoms with Crippen LogP contribution in [0.25, 0.3) is 6.08 Å². The molecule has 1 aromatic heterocycles. The molecule has 13 heavy (non-hydrogen) atoms. The molecule has 0 amide bonds. The molecule has 1 heterocycles. The van der Waals surface area contributed by atoms with Crippen LogP contribution in [0.1, 0.15) is 24.5 Å². The Morgan fingerprint density at radius 1 is 1.62 bits per heavy atom. The third kappa shape index (κ3) is 2.35. The smallest absolute Gasteiger partial charge is 0.257 e. The van der Waals surface area contributed by atoms with E-state index >= 15 is 0 Å². The molecule has 0 fully saturated rings. The number of rotatable bonds is 2. The SMILES string of the molecule is CC(C)=Cc1nc(C)sc1[N+](=O)[O-]. The lowest BCUT2D eigenvalue weighted by Crippen LogP contribution is -1.87. The summed E-state index contributed by atoms with van der Waals surface area (Å²) in [5.41, 5.74) is 1.47. The van der Waals surface area contributed by atoms with Crippen molar-refractivity contribution in [2.45, 2.75) is 20.8 Å². The molecular formula is C8H10N2O2S. The average Bonchev–Trinajstić information content (AvgIpc) is 2.29. The van der Waals surface area contributed by atoms with Gasteiger partial charge in [0.05, 0.1) is 9.93 Å². The van der Waals surface area contributed by atoms with Gasteiger partial charge in [0.15, 0.2) is 5.69 Å². The second kappa shape index (κ2) is 3.66. The van der Waals surface area contributed by atoms with Gasteiger partial charge in [0.1, 0.15) is 0 Å². The lowest BCUT2D eigenvalue weighted by Gasteiger charge is -1.88. The van der Waals surface area contributed by atoms with Gasteiger partial charge in [-0.2, -0.15) is 0 Å². The van der Waals surface area contributed by atoms with Gasteiger partial charge < -0.3 is 0 Å². The first-order chi connectivity index (χ1) is 6.00. The van der Waals surface area contributed by atoms with Crippen molar-refractivity contribution in [3.05, 3.63) is 26.4 Å². The molecule has 1 aromatic rings. The molecule has 0 aliphatic heterocycles. The molecule has 0 aromatic carbocycles. The summed E-state index contributed by atoms with van der Waals surface area (Å²) >= 11 is 1.11. The highest BCUT2D eigenvalue weighted by Crippen LogP contribution is 2.27. The summed E-state index contributed by atoms with van der Waals surface area (Å²) in [5.74, 6) is 0. The van der Waals surface area contributed by atoms with Crippen LogP contribution in [-0.4, -0.2) is 9.91 Å². The first-order valence-electron chi connectivity index (χ1n) is 3.77. The molecule has 0 saturated carbocycles. The third-order valence-corrected chi connectivity index (χ3v) is 2.27. The highest BCUT2D eigenvalue weighted by Gasteiger charge is 2.17. The number of aryl methyl sites for hydroxylation is 1. The maximum atomic E-state index is 10.6. The highest BCUT2D eigenvalue weighted by atomic mass is 32.1. The molecular weight excluding hydrogens is 188 g/mol. The largest absolute Gasteiger partial charge is 0.351 e. The highest BCUT2D eigenvalue weighted by molar-refractivity contribution is 7.15. The molecule has 0 atom stereocenters. The van der Waals surface area contributed by atoms with E-state index in [1.165, 1.54) is 0 Å². The van der Waals surface area contributed by atoms with Crippen molar-refractivity contribution >= 4 is 22.4 Å². The lowest BCUT2D eigenvalue weighted by molar-refractivity contribution is -0.380. The number of hydrogen-bond donors (Lipinski definition) is 0. The number of thiazole rings is 1. The van der Waals surface area contributed by atoms with Crippen LogP contribution in [0, 0.1) is 17.0 Å². The number of allylic oxidation sites excluding steroid dienone is 1. The van der Waals surface area contributed by atoms with Crippen molar-refractivity contribution in [3.63, 3.8) is 0 Å². The van der Waals surface area contributed by atoms with Crippen LogP contribution >= 0.6 is 11.3 Å². The van der Waals surface area contributed by atoms with Crippen LogP contribution in [0.2, 0.25) is 0 Å². The van der Waals surface area contributed by atoms with Crippen LogP contribution in [0.5, 0.6) is 0 Å². The lowest BCUT2D eigenvalue weighted by atomic mass is 10.3. The number of aromatic nitrogens is 1. The standard InChI is InChI=1S/C8H10N2O2S/c1-5(2)4-7-8(10(11)12)13-6(3)9-7/h4H,1-3H3. The van der Waals surface area contributed by atoms with Gasteiger partial charge in [0.2, 0.25) is 0 Å². The van der Waals surface area contributed by atoms with Gasteiger partial charge in [-0.15, -0.1) is 0 Å². The van der Waals surface area contributed by atoms with Crippen molar-refractivity contribution in [2.24, 2.45) is 0 Å². The summed E-state index contributed by atoms with van der Waals surface area (Å²) in [6, 6.07) is 0. The van der Waals surface area contributed by atoms with Crippen LogP contribution in [0.3, 0.4) is 0 Å². The number of hydrogen-bond acceptors (Lipinski definition) is 4. The van der Waals surface area contributed by atoms with E-state index in [-0.39, 0.29) is 9.92 Å². The van der Waals surface area contributed by atoms with E-state index in [9.17, 15) is 10.1 Å². The normalized spacial score (nSPS) is 9.77. The molecule has 0 bridgehead atoms. The summed E-state index contributed by atoms with van der Waals surface area (Å²) in [7, 11) is 0. The molecule has 0 radical (unpaired) electrons. The van der Waals surface area contributed by atoms with Gasteiger partial charge in [-0.25, -0.2) is 4.98 Å². The minimum Gasteiger partial charge on any atom is -0.257 e. The molecule has 0 aliphatic rings. The summed E-state index contributed by atoms with van der Waals surface area (Å²) in [4.78, 5) is 14.2. The third-order valence-electron chi connectivity index (χ3n) is 1.33. The molecule has 70 valence electrons. The van der Waals surface area contributed by atoms with E-state index in [2.05, 4.69) is 4.98 Å². The zero-order chi connectivity index (χ0) is 10.0. The van der Waals surface area contributed by atoms with E-state index in [1.54, 1.807) is 13.0 Å². The molecule has 0 saturated heterocycles. The van der Waals surface area contributed by atoms with Gasteiger partial charge in [0.25, 0.3) is 0 Å². The van der Waals surface area contributed by atoms with E-state index < -0.39 is 0 Å². The second-order valence-electron chi connectivity index (χ2n) is 2.90. The van der Waals surface area contributed by atoms with Crippen LogP contribution in [0.15, 0.2) is 5.57 Å². The first kappa shape index (κ1) is 9.85. The van der Waals surface area contributed by atoms with Gasteiger partial charge >= 0.3 is 5.00 Å². The molecule has 0 unspecified atom stereocenters. The Balaban J connectivity index is 3.20. The summed E-state index contributed by atoms with van der Waals surface area (Å²) in [6.45, 7) is 5.54. The second-order valence-corrected chi connectivity index (χ2v) is 4.08. The van der Waals surface area contributed by atoms with Crippen molar-refractivity contribution in [2.75, 3.05) is 0 Å². The van der Waals surface area contributed by atoms with E-state index in [0.717, 1.165) is 21.9 Å². The Morgan fingerprint density at radius 3 is 2.69 bits per heavy atom. The predicted octanol–water partition coefficient (Wildman–Crippen LogP) is 2.78. The fraction of sp³-hybridized carbons (Fsp3) is 0.375. The van der Waals surface area contributed by atoms with Crippen molar-refractivity contribution in [3.8, 4) is 0 Å².